The van der Waals surface area contributed by atoms with Gasteiger partial charge in [-0.3, -0.25) is 14.4 Å². The van der Waals surface area contributed by atoms with E-state index in [4.69, 9.17) is 0 Å². The minimum atomic E-state index is -1.29. The molecule has 0 aliphatic carbocycles. The maximum atomic E-state index is 11.8. The van der Waals surface area contributed by atoms with Gasteiger partial charge in [0.15, 0.2) is 12.1 Å². The highest BCUT2D eigenvalue weighted by Gasteiger charge is 2.26. The molecule has 1 aromatic rings. The smallest absolute Gasteiger partial charge is 0.330 e. The fraction of sp³-hybridized carbons (Fsp3) is 0.375. The predicted molar refractivity (Wildman–Crippen MR) is 87.5 cm³/mol. The molecule has 2 unspecified atom stereocenters. The number of carbonyl (C=O) groups is 4. The van der Waals surface area contributed by atoms with Crippen LogP contribution in [-0.4, -0.2) is 41.3 Å². The van der Waals surface area contributed by atoms with E-state index in [2.05, 4.69) is 15.8 Å². The van der Waals surface area contributed by atoms with Gasteiger partial charge >= 0.3 is 5.97 Å². The van der Waals surface area contributed by atoms with Crippen molar-refractivity contribution in [3.8, 4) is 0 Å². The number of nitroso groups, excluding NO2 is 1. The van der Waals surface area contributed by atoms with Crippen LogP contribution in [0.1, 0.15) is 31.4 Å². The number of nitrogens with zero attached hydrogens (tertiary/aromatic N) is 1. The van der Waals surface area contributed by atoms with Crippen molar-refractivity contribution in [2.75, 3.05) is 6.54 Å². The lowest BCUT2D eigenvalue weighted by Crippen LogP contribution is -2.44. The Bertz CT molecular complexity index is 647. The number of ketones is 1. The van der Waals surface area contributed by atoms with E-state index in [1.165, 1.54) is 12.1 Å². The number of carboxylic acids is 1. The van der Waals surface area contributed by atoms with Crippen molar-refractivity contribution in [1.82, 2.24) is 10.6 Å². The highest BCUT2D eigenvalue weighted by Crippen LogP contribution is 2.12. The van der Waals surface area contributed by atoms with Gasteiger partial charge in [-0.05, 0) is 12.0 Å². The second-order valence-corrected chi connectivity index (χ2v) is 5.21. The molecular formula is C16H19N3O6. The van der Waals surface area contributed by atoms with Crippen molar-refractivity contribution in [2.45, 2.75) is 31.8 Å². The molecule has 2 atom stereocenters. The van der Waals surface area contributed by atoms with Gasteiger partial charge in [-0.15, -0.1) is 0 Å². The molecule has 2 amide bonds. The maximum absolute atomic E-state index is 11.8. The lowest BCUT2D eigenvalue weighted by molar-refractivity contribution is -0.142. The van der Waals surface area contributed by atoms with Gasteiger partial charge < -0.3 is 15.7 Å². The number of rotatable bonds is 10. The van der Waals surface area contributed by atoms with Crippen LogP contribution in [0.2, 0.25) is 0 Å². The average molecular weight is 349 g/mol. The van der Waals surface area contributed by atoms with Gasteiger partial charge in [-0.2, -0.15) is 4.91 Å². The Morgan fingerprint density at radius 3 is 2.32 bits per heavy atom. The third-order valence-electron chi connectivity index (χ3n) is 3.31. The molecule has 3 N–H and O–H groups in total. The lowest BCUT2D eigenvalue weighted by atomic mass is 10.1. The van der Waals surface area contributed by atoms with Gasteiger partial charge in [0.2, 0.25) is 11.7 Å². The Morgan fingerprint density at radius 2 is 1.80 bits per heavy atom. The van der Waals surface area contributed by atoms with Crippen LogP contribution in [0.5, 0.6) is 0 Å². The van der Waals surface area contributed by atoms with Crippen LogP contribution in [0.15, 0.2) is 35.5 Å². The number of carbonyl (C=O) groups excluding carboxylic acids is 3. The first-order valence-electron chi connectivity index (χ1n) is 7.62. The second-order valence-electron chi connectivity index (χ2n) is 5.21. The topological polar surface area (TPSA) is 142 Å². The summed E-state index contributed by atoms with van der Waals surface area (Å²) in [6, 6.07) is 5.44. The molecule has 25 heavy (non-hydrogen) atoms. The van der Waals surface area contributed by atoms with E-state index in [1.807, 2.05) is 0 Å². The molecule has 0 aliphatic heterocycles. The van der Waals surface area contributed by atoms with Crippen molar-refractivity contribution in [3.63, 3.8) is 0 Å². The zero-order chi connectivity index (χ0) is 18.8. The van der Waals surface area contributed by atoms with Crippen LogP contribution in [0.25, 0.3) is 0 Å². The molecule has 9 nitrogen and oxygen atoms in total. The van der Waals surface area contributed by atoms with E-state index < -0.39 is 42.2 Å². The fourth-order valence-electron chi connectivity index (χ4n) is 2.05. The molecule has 0 bridgehead atoms. The van der Waals surface area contributed by atoms with Crippen molar-refractivity contribution < 1.29 is 24.3 Å². The van der Waals surface area contributed by atoms with Crippen LogP contribution < -0.4 is 10.6 Å². The molecule has 0 saturated heterocycles. The van der Waals surface area contributed by atoms with Gasteiger partial charge in [0, 0.05) is 0 Å². The zero-order valence-corrected chi connectivity index (χ0v) is 13.6. The molecule has 0 saturated carbocycles. The minimum absolute atomic E-state index is 0.136. The zero-order valence-electron chi connectivity index (χ0n) is 13.6. The van der Waals surface area contributed by atoms with Crippen LogP contribution in [0.4, 0.5) is 0 Å². The number of amides is 2. The normalized spacial score (nSPS) is 12.5. The highest BCUT2D eigenvalue weighted by atomic mass is 16.4. The monoisotopic (exact) mass is 349 g/mol. The van der Waals surface area contributed by atoms with E-state index in [9.17, 15) is 29.2 Å². The largest absolute Gasteiger partial charge is 0.479 e. The second kappa shape index (κ2) is 9.91. The number of aliphatic carboxylic acids is 1. The summed E-state index contributed by atoms with van der Waals surface area (Å²) < 4.78 is 0. The number of benzene rings is 1. The Balaban J connectivity index is 2.61. The number of Topliss-reactive ketones (excluding diaryl/α,β-unsaturated/α-hetero) is 1. The van der Waals surface area contributed by atoms with Gasteiger partial charge in [0.25, 0.3) is 5.91 Å². The summed E-state index contributed by atoms with van der Waals surface area (Å²) in [6.07, 6.45) is 0.629. The SMILES string of the molecule is CCCC(N=O)C(=O)C(=O)NCC(=O)NC(C(=O)O)c1ccccc1. The summed E-state index contributed by atoms with van der Waals surface area (Å²) in [5.41, 5.74) is 0.360. The third-order valence-corrected chi connectivity index (χ3v) is 3.31. The summed E-state index contributed by atoms with van der Waals surface area (Å²) in [5.74, 6) is -4.19. The molecule has 0 aliphatic rings. The Kier molecular flexibility index (Phi) is 7.91. The maximum Gasteiger partial charge on any atom is 0.330 e. The first-order chi connectivity index (χ1) is 11.9. The first-order valence-corrected chi connectivity index (χ1v) is 7.62. The Morgan fingerprint density at radius 1 is 1.16 bits per heavy atom. The van der Waals surface area contributed by atoms with E-state index >= 15 is 0 Å². The summed E-state index contributed by atoms with van der Waals surface area (Å²) >= 11 is 0. The molecule has 0 heterocycles. The molecular weight excluding hydrogens is 330 g/mol. The van der Waals surface area contributed by atoms with E-state index in [0.29, 0.717) is 12.0 Å². The average Bonchev–Trinajstić information content (AvgIpc) is 2.62. The van der Waals surface area contributed by atoms with Gasteiger partial charge in [0.1, 0.15) is 0 Å². The van der Waals surface area contributed by atoms with Crippen LogP contribution in [-0.2, 0) is 19.2 Å². The highest BCUT2D eigenvalue weighted by molar-refractivity contribution is 6.38. The molecule has 0 spiro atoms. The summed E-state index contributed by atoms with van der Waals surface area (Å²) in [4.78, 5) is 57.0. The number of carboxylic acid groups (broad SMARTS) is 1. The van der Waals surface area contributed by atoms with Crippen LogP contribution in [0.3, 0.4) is 0 Å². The molecule has 1 aromatic carbocycles. The summed E-state index contributed by atoms with van der Waals surface area (Å²) in [5, 5.41) is 16.1. The van der Waals surface area contributed by atoms with E-state index in [1.54, 1.807) is 25.1 Å². The van der Waals surface area contributed by atoms with E-state index in [-0.39, 0.29) is 6.42 Å². The molecule has 1 rings (SSSR count). The summed E-state index contributed by atoms with van der Waals surface area (Å²) in [7, 11) is 0. The van der Waals surface area contributed by atoms with Gasteiger partial charge in [-0.25, -0.2) is 4.79 Å². The van der Waals surface area contributed by atoms with Crippen molar-refractivity contribution in [3.05, 3.63) is 40.8 Å². The van der Waals surface area contributed by atoms with Gasteiger partial charge in [-0.1, -0.05) is 48.9 Å². The molecule has 0 aromatic heterocycles. The van der Waals surface area contributed by atoms with Crippen molar-refractivity contribution in [1.29, 1.82) is 0 Å². The van der Waals surface area contributed by atoms with Gasteiger partial charge in [0.05, 0.1) is 6.54 Å². The predicted octanol–water partition coefficient (Wildman–Crippen LogP) is 0.549. The Hall–Kier alpha value is -3.10. The number of nitrogens with one attached hydrogen (secondary N) is 2. The number of hydrogen-bond acceptors (Lipinski definition) is 6. The summed E-state index contributed by atoms with van der Waals surface area (Å²) in [6.45, 7) is 1.13. The molecule has 0 radical (unpaired) electrons. The van der Waals surface area contributed by atoms with Crippen LogP contribution in [0, 0.1) is 4.91 Å². The first kappa shape index (κ1) is 19.9. The van der Waals surface area contributed by atoms with Crippen molar-refractivity contribution in [2.24, 2.45) is 5.18 Å². The minimum Gasteiger partial charge on any atom is -0.479 e. The third kappa shape index (κ3) is 6.13. The van der Waals surface area contributed by atoms with E-state index in [0.717, 1.165) is 0 Å². The lowest BCUT2D eigenvalue weighted by Gasteiger charge is -2.15. The molecule has 134 valence electrons. The standard InChI is InChI=1S/C16H19N3O6/c1-2-6-11(19-25)14(21)15(22)17-9-12(20)18-13(16(23)24)10-7-4-3-5-8-10/h3-5,7-8,11,13H,2,6,9H2,1H3,(H,17,22)(H,18,20)(H,23,24). The van der Waals surface area contributed by atoms with Crippen molar-refractivity contribution >= 4 is 23.6 Å². The number of hydrogen-bond donors (Lipinski definition) is 3. The Labute approximate surface area is 143 Å². The fourth-order valence-corrected chi connectivity index (χ4v) is 2.05. The van der Waals surface area contributed by atoms with Crippen LogP contribution >= 0.6 is 0 Å². The molecule has 9 heteroatoms. The quantitative estimate of drug-likeness (QED) is 0.416. The molecule has 0 fully saturated rings.